The number of halogens is 1. The Bertz CT molecular complexity index is 1230. The summed E-state index contributed by atoms with van der Waals surface area (Å²) in [5.74, 6) is 0.170. The third-order valence-corrected chi connectivity index (χ3v) is 6.44. The molecular weight excluding hydrogens is 454 g/mol. The molecule has 10 heteroatoms. The minimum atomic E-state index is -4.06. The van der Waals surface area contributed by atoms with Crippen LogP contribution in [0.15, 0.2) is 59.8 Å². The SMILES string of the molecule is COc1cc(OC)c(NS(=O)(=O)c2cc(C(=O)NCc3cccnc3)ccc2C)cc1Cl. The molecule has 0 aliphatic carbocycles. The van der Waals surface area contributed by atoms with Gasteiger partial charge in [0.05, 0.1) is 29.8 Å². The van der Waals surface area contributed by atoms with Gasteiger partial charge in [0.2, 0.25) is 0 Å². The molecule has 1 aromatic heterocycles. The third kappa shape index (κ3) is 5.30. The number of methoxy groups -OCH3 is 2. The first-order chi connectivity index (χ1) is 15.2. The minimum Gasteiger partial charge on any atom is -0.495 e. The maximum atomic E-state index is 13.1. The quantitative estimate of drug-likeness (QED) is 0.513. The van der Waals surface area contributed by atoms with E-state index in [1.807, 2.05) is 6.07 Å². The molecule has 0 saturated heterocycles. The molecule has 0 aliphatic heterocycles. The highest BCUT2D eigenvalue weighted by atomic mass is 35.5. The number of carbonyl (C=O) groups excluding carboxylic acids is 1. The van der Waals surface area contributed by atoms with E-state index >= 15 is 0 Å². The first-order valence-electron chi connectivity index (χ1n) is 9.47. The molecule has 3 rings (SSSR count). The molecule has 0 unspecified atom stereocenters. The molecule has 3 aromatic rings. The van der Waals surface area contributed by atoms with E-state index in [1.54, 1.807) is 37.5 Å². The molecule has 8 nitrogen and oxygen atoms in total. The Balaban J connectivity index is 1.87. The van der Waals surface area contributed by atoms with Gasteiger partial charge in [0.1, 0.15) is 11.5 Å². The molecule has 2 aromatic carbocycles. The highest BCUT2D eigenvalue weighted by Crippen LogP contribution is 2.37. The topological polar surface area (TPSA) is 107 Å². The van der Waals surface area contributed by atoms with Crippen LogP contribution in [0, 0.1) is 6.92 Å². The zero-order valence-electron chi connectivity index (χ0n) is 17.7. The number of carbonyl (C=O) groups is 1. The minimum absolute atomic E-state index is 0.0412. The Hall–Kier alpha value is -3.30. The largest absolute Gasteiger partial charge is 0.495 e. The van der Waals surface area contributed by atoms with Crippen molar-refractivity contribution >= 4 is 33.2 Å². The first-order valence-corrected chi connectivity index (χ1v) is 11.3. The van der Waals surface area contributed by atoms with Gasteiger partial charge in [0.15, 0.2) is 0 Å². The lowest BCUT2D eigenvalue weighted by Gasteiger charge is -2.16. The van der Waals surface area contributed by atoms with Gasteiger partial charge < -0.3 is 14.8 Å². The van der Waals surface area contributed by atoms with Crippen LogP contribution in [0.25, 0.3) is 0 Å². The molecule has 0 fully saturated rings. The van der Waals surface area contributed by atoms with E-state index in [9.17, 15) is 13.2 Å². The van der Waals surface area contributed by atoms with Crippen molar-refractivity contribution in [2.45, 2.75) is 18.4 Å². The number of ether oxygens (including phenoxy) is 2. The van der Waals surface area contributed by atoms with Gasteiger partial charge in [-0.25, -0.2) is 8.42 Å². The fourth-order valence-corrected chi connectivity index (χ4v) is 4.53. The molecule has 1 amide bonds. The third-order valence-electron chi connectivity index (χ3n) is 4.63. The highest BCUT2D eigenvalue weighted by molar-refractivity contribution is 7.92. The summed E-state index contributed by atoms with van der Waals surface area (Å²) in [6.45, 7) is 1.91. The van der Waals surface area contributed by atoms with Crippen LogP contribution >= 0.6 is 11.6 Å². The Labute approximate surface area is 191 Å². The fourth-order valence-electron chi connectivity index (χ4n) is 2.96. The van der Waals surface area contributed by atoms with Crippen LogP contribution in [-0.4, -0.2) is 33.5 Å². The summed E-state index contributed by atoms with van der Waals surface area (Å²) in [6, 6.07) is 10.9. The number of amides is 1. The molecule has 0 radical (unpaired) electrons. The summed E-state index contributed by atoms with van der Waals surface area (Å²) < 4.78 is 39.1. The summed E-state index contributed by atoms with van der Waals surface area (Å²) in [5.41, 5.74) is 1.65. The molecular formula is C22H22ClN3O5S. The standard InChI is InChI=1S/C22H22ClN3O5S/c1-14-6-7-16(22(27)25-13-15-5-4-8-24-12-15)9-21(14)32(28,29)26-18-10-17(23)19(30-2)11-20(18)31-3/h4-12,26H,13H2,1-3H3,(H,25,27). The summed E-state index contributed by atoms with van der Waals surface area (Å²) in [6.07, 6.45) is 3.28. The molecule has 0 saturated carbocycles. The van der Waals surface area contributed by atoms with Crippen LogP contribution in [0.4, 0.5) is 5.69 Å². The summed E-state index contributed by atoms with van der Waals surface area (Å²) in [5, 5.41) is 2.97. The van der Waals surface area contributed by atoms with Gasteiger partial charge in [-0.1, -0.05) is 23.7 Å². The van der Waals surface area contributed by atoms with Crippen molar-refractivity contribution in [3.8, 4) is 11.5 Å². The second-order valence-corrected chi connectivity index (χ2v) is 8.87. The predicted octanol–water partition coefficient (Wildman–Crippen LogP) is 3.79. The number of nitrogens with one attached hydrogen (secondary N) is 2. The lowest BCUT2D eigenvalue weighted by Crippen LogP contribution is -2.23. The van der Waals surface area contributed by atoms with Crippen molar-refractivity contribution in [1.82, 2.24) is 10.3 Å². The Morgan fingerprint density at radius 3 is 2.50 bits per heavy atom. The van der Waals surface area contributed by atoms with Gasteiger partial charge >= 0.3 is 0 Å². The van der Waals surface area contributed by atoms with Crippen LogP contribution < -0.4 is 19.5 Å². The zero-order valence-corrected chi connectivity index (χ0v) is 19.3. The molecule has 168 valence electrons. The maximum Gasteiger partial charge on any atom is 0.262 e. The number of sulfonamides is 1. The molecule has 1 heterocycles. The average molecular weight is 476 g/mol. The van der Waals surface area contributed by atoms with Gasteiger partial charge in [0, 0.05) is 30.6 Å². The van der Waals surface area contributed by atoms with E-state index < -0.39 is 15.9 Å². The van der Waals surface area contributed by atoms with E-state index in [-0.39, 0.29) is 33.5 Å². The summed E-state index contributed by atoms with van der Waals surface area (Å²) in [7, 11) is -1.21. The summed E-state index contributed by atoms with van der Waals surface area (Å²) >= 11 is 6.14. The van der Waals surface area contributed by atoms with Crippen LogP contribution in [0.2, 0.25) is 5.02 Å². The smallest absolute Gasteiger partial charge is 0.262 e. The van der Waals surface area contributed by atoms with Crippen molar-refractivity contribution in [3.63, 3.8) is 0 Å². The van der Waals surface area contributed by atoms with Gasteiger partial charge in [-0.15, -0.1) is 0 Å². The summed E-state index contributed by atoms with van der Waals surface area (Å²) in [4.78, 5) is 16.5. The van der Waals surface area contributed by atoms with Crippen molar-refractivity contribution in [2.24, 2.45) is 0 Å². The number of hydrogen-bond donors (Lipinski definition) is 2. The number of benzene rings is 2. The molecule has 0 atom stereocenters. The fraction of sp³-hybridized carbons (Fsp3) is 0.182. The molecule has 0 aliphatic rings. The molecule has 0 bridgehead atoms. The van der Waals surface area contributed by atoms with Crippen molar-refractivity contribution in [1.29, 1.82) is 0 Å². The van der Waals surface area contributed by atoms with Gasteiger partial charge in [-0.3, -0.25) is 14.5 Å². The number of pyridine rings is 1. The Morgan fingerprint density at radius 1 is 1.09 bits per heavy atom. The van der Waals surface area contributed by atoms with Gasteiger partial charge in [0.25, 0.3) is 15.9 Å². The first kappa shape index (κ1) is 23.4. The lowest BCUT2D eigenvalue weighted by atomic mass is 10.1. The number of rotatable bonds is 8. The van der Waals surface area contributed by atoms with Crippen LogP contribution in [-0.2, 0) is 16.6 Å². The van der Waals surface area contributed by atoms with E-state index in [0.717, 1.165) is 5.56 Å². The predicted molar refractivity (Wildman–Crippen MR) is 122 cm³/mol. The Morgan fingerprint density at radius 2 is 1.84 bits per heavy atom. The second-order valence-electron chi connectivity index (χ2n) is 6.82. The van der Waals surface area contributed by atoms with Crippen LogP contribution in [0.3, 0.4) is 0 Å². The van der Waals surface area contributed by atoms with E-state index in [1.165, 1.54) is 32.4 Å². The number of hydrogen-bond acceptors (Lipinski definition) is 6. The van der Waals surface area contributed by atoms with Gasteiger partial charge in [-0.2, -0.15) is 0 Å². The lowest BCUT2D eigenvalue weighted by molar-refractivity contribution is 0.0950. The number of aromatic nitrogens is 1. The second kappa shape index (κ2) is 9.88. The monoisotopic (exact) mass is 475 g/mol. The van der Waals surface area contributed by atoms with E-state index in [4.69, 9.17) is 21.1 Å². The van der Waals surface area contributed by atoms with Gasteiger partial charge in [-0.05, 0) is 42.3 Å². The number of anilines is 1. The van der Waals surface area contributed by atoms with Crippen LogP contribution in [0.1, 0.15) is 21.5 Å². The molecule has 0 spiro atoms. The highest BCUT2D eigenvalue weighted by Gasteiger charge is 2.22. The molecule has 32 heavy (non-hydrogen) atoms. The number of nitrogens with zero attached hydrogens (tertiary/aromatic N) is 1. The molecule has 2 N–H and O–H groups in total. The van der Waals surface area contributed by atoms with Crippen LogP contribution in [0.5, 0.6) is 11.5 Å². The van der Waals surface area contributed by atoms with Crippen molar-refractivity contribution in [2.75, 3.05) is 18.9 Å². The van der Waals surface area contributed by atoms with E-state index in [0.29, 0.717) is 11.3 Å². The van der Waals surface area contributed by atoms with E-state index in [2.05, 4.69) is 15.0 Å². The van der Waals surface area contributed by atoms with Crippen molar-refractivity contribution < 1.29 is 22.7 Å². The maximum absolute atomic E-state index is 13.1. The normalized spacial score (nSPS) is 11.0. The van der Waals surface area contributed by atoms with Crippen molar-refractivity contribution in [3.05, 3.63) is 76.6 Å². The average Bonchev–Trinajstić information content (AvgIpc) is 2.78. The zero-order chi connectivity index (χ0) is 23.3. The Kier molecular flexibility index (Phi) is 7.22. The number of aryl methyl sites for hydroxylation is 1.